The predicted octanol–water partition coefficient (Wildman–Crippen LogP) is 3.19. The van der Waals surface area contributed by atoms with E-state index in [0.717, 1.165) is 11.0 Å². The van der Waals surface area contributed by atoms with Gasteiger partial charge in [0.2, 0.25) is 23.9 Å². The van der Waals surface area contributed by atoms with Gasteiger partial charge in [-0.3, -0.25) is 24.1 Å². The number of benzene rings is 2. The van der Waals surface area contributed by atoms with Crippen LogP contribution < -0.4 is 25.4 Å². The minimum atomic E-state index is -1.69. The van der Waals surface area contributed by atoms with Crippen molar-refractivity contribution in [2.24, 2.45) is 0 Å². The van der Waals surface area contributed by atoms with Crippen LogP contribution in [-0.2, 0) is 56.1 Å². The van der Waals surface area contributed by atoms with E-state index in [1.54, 1.807) is 36.7 Å². The van der Waals surface area contributed by atoms with Crippen molar-refractivity contribution in [2.45, 2.75) is 89.8 Å². The summed E-state index contributed by atoms with van der Waals surface area (Å²) in [6.07, 6.45) is -2.33. The Labute approximate surface area is 452 Å². The maximum Gasteiger partial charge on any atom is 0.410 e. The Morgan fingerprint density at radius 3 is 2.37 bits per heavy atom. The number of amides is 5. The average molecular weight is 1110 g/mol. The van der Waals surface area contributed by atoms with Crippen molar-refractivity contribution in [1.82, 2.24) is 29.8 Å². The van der Waals surface area contributed by atoms with Gasteiger partial charge in [-0.05, 0) is 68.3 Å². The molecule has 5 amide bonds. The smallest absolute Gasteiger partial charge is 0.410 e. The number of ether oxygens (including phenoxy) is 6. The molecule has 2 aromatic carbocycles. The summed E-state index contributed by atoms with van der Waals surface area (Å²) in [5, 5.41) is 57.8. The maximum atomic E-state index is 15.5. The third kappa shape index (κ3) is 16.3. The van der Waals surface area contributed by atoms with Crippen molar-refractivity contribution in [3.63, 3.8) is 0 Å². The molecular weight excluding hydrogens is 1040 g/mol. The lowest BCUT2D eigenvalue weighted by Gasteiger charge is -2.35. The Balaban J connectivity index is 1.06. The lowest BCUT2D eigenvalue weighted by atomic mass is 9.92. The summed E-state index contributed by atoms with van der Waals surface area (Å²) in [7, 11) is 3.12. The highest BCUT2D eigenvalue weighted by atomic mass is 19.2. The molecule has 4 heterocycles. The molecule has 24 nitrogen and oxygen atoms in total. The first kappa shape index (κ1) is 60.4. The molecule has 426 valence electrons. The van der Waals surface area contributed by atoms with Crippen LogP contribution in [0.5, 0.6) is 11.5 Å². The maximum absolute atomic E-state index is 15.5. The van der Waals surface area contributed by atoms with Crippen LogP contribution in [0.3, 0.4) is 0 Å². The number of nitrogens with zero attached hydrogens (tertiary/aromatic N) is 4. The van der Waals surface area contributed by atoms with Gasteiger partial charge in [-0.2, -0.15) is 4.39 Å². The number of carboxylic acid groups (broad SMARTS) is 1. The van der Waals surface area contributed by atoms with Crippen molar-refractivity contribution in [2.75, 3.05) is 65.5 Å². The van der Waals surface area contributed by atoms with Gasteiger partial charge in [0.05, 0.1) is 75.5 Å². The molecule has 26 heteroatoms. The number of anilines is 1. The van der Waals surface area contributed by atoms with E-state index < -0.39 is 83.9 Å². The zero-order chi connectivity index (χ0) is 57.6. The zero-order valence-corrected chi connectivity index (χ0v) is 44.1. The minimum Gasteiger partial charge on any atom is -0.489 e. The number of rotatable bonds is 28. The molecule has 1 fully saturated rings. The van der Waals surface area contributed by atoms with E-state index in [1.807, 2.05) is 0 Å². The number of aromatic nitrogens is 2. The quantitative estimate of drug-likeness (QED) is 0.0230. The molecule has 0 saturated carbocycles. The van der Waals surface area contributed by atoms with Gasteiger partial charge in [0.15, 0.2) is 17.7 Å². The molecule has 0 aliphatic carbocycles. The van der Waals surface area contributed by atoms with Gasteiger partial charge in [0, 0.05) is 81.5 Å². The lowest BCUT2D eigenvalue weighted by molar-refractivity contribution is -0.238. The number of aliphatic hydroxyl groups excluding tert-OH is 2. The normalized spacial score (nSPS) is 17.6. The minimum absolute atomic E-state index is 0.0280. The molecule has 1 saturated heterocycles. The first-order valence-electron chi connectivity index (χ1n) is 25.0. The highest BCUT2D eigenvalue weighted by Crippen LogP contribution is 2.36. The van der Waals surface area contributed by atoms with Gasteiger partial charge in [0.25, 0.3) is 11.8 Å². The number of hydrogen-bond donors (Lipinski definition) is 8. The number of imide groups is 1. The Morgan fingerprint density at radius 2 is 1.67 bits per heavy atom. The summed E-state index contributed by atoms with van der Waals surface area (Å²) < 4.78 is 65.3. The van der Waals surface area contributed by atoms with Crippen LogP contribution in [0.2, 0.25) is 0 Å². The summed E-state index contributed by atoms with van der Waals surface area (Å²) in [4.78, 5) is 80.8. The number of halogens is 2. The SMILES string of the molecule is CN/C(C)=C(/CCOc1c(-c2ccc3ncc(CN(C)C(=O)OCc4ccc(O[C@@H]5O[C@H](C(=O)O)C[C@H](O)[C@H]5O)c(NC(=O)CCNC(=O)CCOCCOCCN5C(=O)C=CC5=O)c4)n3c2)ccc(F)c1F)C(=N)C(C)(C)O. The number of aliphatic carboxylic acids is 1. The van der Waals surface area contributed by atoms with Crippen LogP contribution in [-0.4, -0.2) is 171 Å². The van der Waals surface area contributed by atoms with Crippen LogP contribution in [0.25, 0.3) is 16.8 Å². The van der Waals surface area contributed by atoms with Gasteiger partial charge < -0.3 is 79.5 Å². The molecule has 4 atom stereocenters. The number of allylic oxidation sites excluding steroid dienone is 1. The van der Waals surface area contributed by atoms with Gasteiger partial charge in [0.1, 0.15) is 29.7 Å². The van der Waals surface area contributed by atoms with Crippen LogP contribution in [0.15, 0.2) is 78.3 Å². The first-order chi connectivity index (χ1) is 37.6. The number of fused-ring (bicyclic) bond motifs is 1. The molecule has 6 rings (SSSR count). The van der Waals surface area contributed by atoms with Crippen molar-refractivity contribution in [3.8, 4) is 22.6 Å². The van der Waals surface area contributed by atoms with E-state index in [4.69, 9.17) is 33.8 Å². The van der Waals surface area contributed by atoms with Gasteiger partial charge in [-0.15, -0.1) is 0 Å². The van der Waals surface area contributed by atoms with Crippen LogP contribution in [0, 0.1) is 17.0 Å². The second-order valence-corrected chi connectivity index (χ2v) is 18.8. The van der Waals surface area contributed by atoms with Crippen LogP contribution in [0.1, 0.15) is 57.7 Å². The van der Waals surface area contributed by atoms with Crippen molar-refractivity contribution >= 4 is 52.7 Å². The Bertz CT molecular complexity index is 2940. The number of carbonyl (C=O) groups is 6. The number of pyridine rings is 1. The first-order valence-corrected chi connectivity index (χ1v) is 25.0. The predicted molar refractivity (Wildman–Crippen MR) is 276 cm³/mol. The number of nitrogens with one attached hydrogen (secondary N) is 4. The largest absolute Gasteiger partial charge is 0.489 e. The van der Waals surface area contributed by atoms with E-state index in [2.05, 4.69) is 20.9 Å². The summed E-state index contributed by atoms with van der Waals surface area (Å²) in [5.74, 6) is -6.14. The molecule has 2 aliphatic heterocycles. The third-order valence-electron chi connectivity index (χ3n) is 12.5. The monoisotopic (exact) mass is 1110 g/mol. The fourth-order valence-electron chi connectivity index (χ4n) is 8.04. The summed E-state index contributed by atoms with van der Waals surface area (Å²) in [6.45, 7) is 4.53. The van der Waals surface area contributed by atoms with E-state index in [9.17, 15) is 53.6 Å². The molecule has 0 unspecified atom stereocenters. The number of carbonyl (C=O) groups excluding carboxylic acids is 5. The van der Waals surface area contributed by atoms with E-state index in [0.29, 0.717) is 33.7 Å². The fourth-order valence-corrected chi connectivity index (χ4v) is 8.04. The fraction of sp³-hybridized carbons (Fsp3) is 0.434. The second-order valence-electron chi connectivity index (χ2n) is 18.8. The average Bonchev–Trinajstić information content (AvgIpc) is 3.96. The molecule has 0 spiro atoms. The van der Waals surface area contributed by atoms with Gasteiger partial charge >= 0.3 is 12.1 Å². The van der Waals surface area contributed by atoms with E-state index >= 15 is 4.39 Å². The highest BCUT2D eigenvalue weighted by molar-refractivity contribution is 6.12. The third-order valence-corrected chi connectivity index (χ3v) is 12.5. The lowest BCUT2D eigenvalue weighted by Crippen LogP contribution is -2.52. The highest BCUT2D eigenvalue weighted by Gasteiger charge is 2.41. The number of aliphatic hydroxyl groups is 3. The van der Waals surface area contributed by atoms with Gasteiger partial charge in [-0.1, -0.05) is 6.07 Å². The molecule has 0 radical (unpaired) electrons. The van der Waals surface area contributed by atoms with Crippen molar-refractivity contribution in [1.29, 1.82) is 5.41 Å². The Hall–Kier alpha value is -7.88. The van der Waals surface area contributed by atoms with Crippen molar-refractivity contribution < 1.29 is 86.4 Å². The molecule has 8 N–H and O–H groups in total. The second kappa shape index (κ2) is 27.6. The molecular formula is C53H64F2N8O16. The van der Waals surface area contributed by atoms with Crippen LogP contribution in [0.4, 0.5) is 19.3 Å². The van der Waals surface area contributed by atoms with Crippen molar-refractivity contribution in [3.05, 3.63) is 101 Å². The summed E-state index contributed by atoms with van der Waals surface area (Å²) >= 11 is 0. The van der Waals surface area contributed by atoms with Crippen LogP contribution >= 0.6 is 0 Å². The van der Waals surface area contributed by atoms with Gasteiger partial charge in [-0.25, -0.2) is 19.0 Å². The summed E-state index contributed by atoms with van der Waals surface area (Å²) in [5.41, 5.74) is 1.35. The number of carboxylic acids is 1. The standard InChI is InChI=1S/C53H64F2N8O16/c1-30(57-4)34(49(56)53(2,3)73)15-20-76-48-35(8-9-36(54)46(48)55)32-7-11-41-59-26-33(63(41)27-32)28-61(5)52(72)77-29-31-6-10-39(78-51-47(69)38(64)25-40(79-51)50(70)71)37(24-31)60-43(66)14-17-58-42(65)16-19-74-22-23-75-21-18-62-44(67)12-13-45(62)68/h6-13,24,26-27,38,40,47,51,56-57,64,69,73H,14-23,25,28-29H2,1-5H3,(H,58,65)(H,60,66)(H,70,71)/b34-30-,56-49?/t38-,40-,47+,51+/m0/s1. The summed E-state index contributed by atoms with van der Waals surface area (Å²) in [6, 6.07) is 9.82. The molecule has 79 heavy (non-hydrogen) atoms. The van der Waals surface area contributed by atoms with E-state index in [1.165, 1.54) is 68.4 Å². The Kier molecular flexibility index (Phi) is 21.1. The molecule has 2 aromatic heterocycles. The Morgan fingerprint density at radius 1 is 0.949 bits per heavy atom. The zero-order valence-electron chi connectivity index (χ0n) is 44.1. The van der Waals surface area contributed by atoms with E-state index in [-0.39, 0.29) is 107 Å². The molecule has 4 aromatic rings. The molecule has 2 aliphatic rings. The topological polar surface area (TPSA) is 322 Å². The number of hydrogen-bond acceptors (Lipinski definition) is 18. The molecule has 0 bridgehead atoms. The number of imidazole rings is 1.